The van der Waals surface area contributed by atoms with Gasteiger partial charge in [-0.25, -0.2) is 0 Å². The van der Waals surface area contributed by atoms with Crippen LogP contribution in [0.15, 0.2) is 12.1 Å². The molecule has 0 bridgehead atoms. The second-order valence-electron chi connectivity index (χ2n) is 3.89. The topological polar surface area (TPSA) is 110 Å². The average Bonchev–Trinajstić information content (AvgIpc) is 2.31. The van der Waals surface area contributed by atoms with E-state index in [0.717, 1.165) is 6.07 Å². The van der Waals surface area contributed by atoms with E-state index >= 15 is 0 Å². The Hall–Kier alpha value is -1.71. The summed E-state index contributed by atoms with van der Waals surface area (Å²) in [6, 6.07) is 1.43. The summed E-state index contributed by atoms with van der Waals surface area (Å²) in [6.07, 6.45) is 0. The number of non-ortho nitro benzene ring substituents is 1. The van der Waals surface area contributed by atoms with Crippen LogP contribution in [0.5, 0.6) is 0 Å². The fraction of sp³-hybridized carbons (Fsp3) is 0.273. The number of nitro benzene ring substituents is 1. The molecule has 1 amide bonds. The number of aliphatic carboxylic acids is 1. The minimum absolute atomic E-state index is 0.103. The van der Waals surface area contributed by atoms with Crippen LogP contribution in [0.4, 0.5) is 5.69 Å². The Bertz CT molecular complexity index is 558. The molecular formula is C11H11IN2O5. The van der Waals surface area contributed by atoms with E-state index < -0.39 is 22.8 Å². The van der Waals surface area contributed by atoms with Crippen molar-refractivity contribution in [3.63, 3.8) is 0 Å². The van der Waals surface area contributed by atoms with Crippen LogP contribution in [-0.4, -0.2) is 27.9 Å². The van der Waals surface area contributed by atoms with Crippen LogP contribution in [-0.2, 0) is 4.79 Å². The van der Waals surface area contributed by atoms with E-state index in [2.05, 4.69) is 5.32 Å². The number of nitro groups is 1. The molecule has 0 spiro atoms. The fourth-order valence-corrected chi connectivity index (χ4v) is 1.95. The van der Waals surface area contributed by atoms with Gasteiger partial charge >= 0.3 is 5.97 Å². The Morgan fingerprint density at radius 1 is 1.47 bits per heavy atom. The first-order valence-corrected chi connectivity index (χ1v) is 6.30. The molecule has 0 saturated heterocycles. The molecule has 19 heavy (non-hydrogen) atoms. The van der Waals surface area contributed by atoms with Gasteiger partial charge in [0.25, 0.3) is 11.6 Å². The van der Waals surface area contributed by atoms with Crippen molar-refractivity contribution >= 4 is 40.2 Å². The summed E-state index contributed by atoms with van der Waals surface area (Å²) in [4.78, 5) is 32.7. The number of nitrogens with one attached hydrogen (secondary N) is 1. The average molecular weight is 378 g/mol. The van der Waals surface area contributed by atoms with Crippen LogP contribution in [0.25, 0.3) is 0 Å². The van der Waals surface area contributed by atoms with Gasteiger partial charge in [-0.3, -0.25) is 19.7 Å². The van der Waals surface area contributed by atoms with E-state index in [4.69, 9.17) is 5.11 Å². The highest BCUT2D eigenvalue weighted by atomic mass is 127. The van der Waals surface area contributed by atoms with Crippen LogP contribution in [0, 0.1) is 20.6 Å². The van der Waals surface area contributed by atoms with Gasteiger partial charge in [0.15, 0.2) is 0 Å². The molecule has 0 heterocycles. The highest BCUT2D eigenvalue weighted by molar-refractivity contribution is 14.1. The molecule has 102 valence electrons. The van der Waals surface area contributed by atoms with Gasteiger partial charge in [-0.15, -0.1) is 0 Å². The zero-order valence-corrected chi connectivity index (χ0v) is 12.3. The van der Waals surface area contributed by atoms with Crippen LogP contribution in [0.1, 0.15) is 22.8 Å². The predicted molar refractivity (Wildman–Crippen MR) is 75.1 cm³/mol. The molecule has 0 saturated carbocycles. The second kappa shape index (κ2) is 5.95. The highest BCUT2D eigenvalue weighted by Crippen LogP contribution is 2.23. The first-order chi connectivity index (χ1) is 8.73. The lowest BCUT2D eigenvalue weighted by atomic mass is 10.1. The van der Waals surface area contributed by atoms with Crippen LogP contribution in [0.3, 0.4) is 0 Å². The van der Waals surface area contributed by atoms with E-state index in [1.54, 1.807) is 6.92 Å². The van der Waals surface area contributed by atoms with Crippen molar-refractivity contribution in [3.8, 4) is 0 Å². The van der Waals surface area contributed by atoms with Crippen molar-refractivity contribution in [2.75, 3.05) is 0 Å². The van der Waals surface area contributed by atoms with Gasteiger partial charge in [0.05, 0.1) is 10.5 Å². The molecule has 0 radical (unpaired) electrons. The Balaban J connectivity index is 3.15. The van der Waals surface area contributed by atoms with Gasteiger partial charge in [-0.05, 0) is 42.0 Å². The Morgan fingerprint density at radius 3 is 2.53 bits per heavy atom. The number of carboxylic acid groups (broad SMARTS) is 1. The summed E-state index contributed by atoms with van der Waals surface area (Å²) in [5, 5.41) is 21.7. The van der Waals surface area contributed by atoms with E-state index in [-0.39, 0.29) is 11.3 Å². The lowest BCUT2D eigenvalue weighted by Crippen LogP contribution is -2.38. The fourth-order valence-electron chi connectivity index (χ4n) is 1.34. The van der Waals surface area contributed by atoms with Crippen molar-refractivity contribution in [2.45, 2.75) is 19.9 Å². The second-order valence-corrected chi connectivity index (χ2v) is 5.05. The molecule has 0 aliphatic heterocycles. The van der Waals surface area contributed by atoms with E-state index in [9.17, 15) is 19.7 Å². The van der Waals surface area contributed by atoms with Crippen LogP contribution in [0.2, 0.25) is 0 Å². The molecule has 0 unspecified atom stereocenters. The van der Waals surface area contributed by atoms with Crippen molar-refractivity contribution in [1.29, 1.82) is 0 Å². The largest absolute Gasteiger partial charge is 0.480 e. The van der Waals surface area contributed by atoms with Gasteiger partial charge in [0.2, 0.25) is 0 Å². The van der Waals surface area contributed by atoms with Crippen molar-refractivity contribution in [1.82, 2.24) is 5.32 Å². The number of nitrogens with zero attached hydrogens (tertiary/aromatic N) is 1. The van der Waals surface area contributed by atoms with Gasteiger partial charge in [0, 0.05) is 15.7 Å². The van der Waals surface area contributed by atoms with Gasteiger partial charge in [0.1, 0.15) is 6.04 Å². The number of amides is 1. The van der Waals surface area contributed by atoms with E-state index in [1.807, 2.05) is 22.6 Å². The first-order valence-electron chi connectivity index (χ1n) is 5.22. The minimum Gasteiger partial charge on any atom is -0.480 e. The third-order valence-electron chi connectivity index (χ3n) is 2.50. The summed E-state index contributed by atoms with van der Waals surface area (Å²) in [7, 11) is 0. The number of rotatable bonds is 4. The number of carbonyl (C=O) groups is 2. The summed E-state index contributed by atoms with van der Waals surface area (Å²) >= 11 is 1.89. The van der Waals surface area contributed by atoms with Gasteiger partial charge in [-0.1, -0.05) is 0 Å². The molecule has 1 atom stereocenters. The lowest BCUT2D eigenvalue weighted by molar-refractivity contribution is -0.385. The van der Waals surface area contributed by atoms with Crippen LogP contribution >= 0.6 is 22.6 Å². The minimum atomic E-state index is -1.17. The Kier molecular flexibility index (Phi) is 4.81. The number of carbonyl (C=O) groups excluding carboxylic acids is 1. The molecule has 8 heteroatoms. The number of halogens is 1. The Morgan fingerprint density at radius 2 is 2.05 bits per heavy atom. The SMILES string of the molecule is Cc1c(I)cc([N+](=O)[O-])cc1C(=O)N[C@H](C)C(=O)O. The number of hydrogen-bond donors (Lipinski definition) is 2. The summed E-state index contributed by atoms with van der Waals surface area (Å²) in [6.45, 7) is 2.96. The summed E-state index contributed by atoms with van der Waals surface area (Å²) in [5.41, 5.74) is 0.469. The normalized spacial score (nSPS) is 11.7. The molecule has 0 aliphatic carbocycles. The molecular weight excluding hydrogens is 367 g/mol. The third kappa shape index (κ3) is 3.63. The smallest absolute Gasteiger partial charge is 0.325 e. The maximum atomic E-state index is 11.9. The number of benzene rings is 1. The molecule has 2 N–H and O–H groups in total. The van der Waals surface area contributed by atoms with Crippen molar-refractivity contribution in [3.05, 3.63) is 36.9 Å². The predicted octanol–water partition coefficient (Wildman–Crippen LogP) is 1.71. The van der Waals surface area contributed by atoms with Crippen molar-refractivity contribution in [2.24, 2.45) is 0 Å². The zero-order chi connectivity index (χ0) is 14.7. The quantitative estimate of drug-likeness (QED) is 0.471. The van der Waals surface area contributed by atoms with Gasteiger partial charge < -0.3 is 10.4 Å². The zero-order valence-electron chi connectivity index (χ0n) is 10.1. The molecule has 1 aromatic carbocycles. The molecule has 0 aliphatic rings. The Labute approximate surface area is 122 Å². The summed E-state index contributed by atoms with van der Waals surface area (Å²) in [5.74, 6) is -1.82. The van der Waals surface area contributed by atoms with E-state index in [0.29, 0.717) is 9.13 Å². The molecule has 7 nitrogen and oxygen atoms in total. The van der Waals surface area contributed by atoms with Crippen LogP contribution < -0.4 is 5.32 Å². The summed E-state index contributed by atoms with van der Waals surface area (Å²) < 4.78 is 0.569. The number of hydrogen-bond acceptors (Lipinski definition) is 4. The number of carboxylic acids is 1. The van der Waals surface area contributed by atoms with Crippen molar-refractivity contribution < 1.29 is 19.6 Å². The van der Waals surface area contributed by atoms with E-state index in [1.165, 1.54) is 13.0 Å². The standard InChI is InChI=1S/C11H11IN2O5/c1-5-8(10(15)13-6(2)11(16)17)3-7(14(18)19)4-9(5)12/h3-4,6H,1-2H3,(H,13,15)(H,16,17)/t6-/m1/s1. The maximum absolute atomic E-state index is 11.9. The lowest BCUT2D eigenvalue weighted by Gasteiger charge is -2.11. The third-order valence-corrected chi connectivity index (χ3v) is 3.62. The molecule has 0 fully saturated rings. The van der Waals surface area contributed by atoms with Gasteiger partial charge in [-0.2, -0.15) is 0 Å². The molecule has 0 aromatic heterocycles. The highest BCUT2D eigenvalue weighted by Gasteiger charge is 2.20. The first kappa shape index (κ1) is 15.3. The molecule has 1 rings (SSSR count). The maximum Gasteiger partial charge on any atom is 0.325 e. The molecule has 1 aromatic rings. The monoisotopic (exact) mass is 378 g/mol.